The highest BCUT2D eigenvalue weighted by atomic mass is 16.5. The Bertz CT molecular complexity index is 4540. The van der Waals surface area contributed by atoms with Gasteiger partial charge in [0, 0.05) is 162 Å². The van der Waals surface area contributed by atoms with Gasteiger partial charge in [0.25, 0.3) is 0 Å². The molecular weight excluding hydrogens is 1260 g/mol. The van der Waals surface area contributed by atoms with Gasteiger partial charge in [0.1, 0.15) is 34.5 Å². The average Bonchev–Trinajstić information content (AvgIpc) is 1.61. The van der Waals surface area contributed by atoms with Crippen LogP contribution < -0.4 is 20.5 Å². The van der Waals surface area contributed by atoms with Crippen molar-refractivity contribution >= 4 is 77.4 Å². The summed E-state index contributed by atoms with van der Waals surface area (Å²) in [7, 11) is 10.2. The van der Waals surface area contributed by atoms with E-state index < -0.39 is 0 Å². The van der Waals surface area contributed by atoms with E-state index in [1.54, 1.807) is 36.4 Å². The maximum Gasteiger partial charge on any atom is 0.308 e. The van der Waals surface area contributed by atoms with E-state index in [0.717, 1.165) is 180 Å². The highest BCUT2D eigenvalue weighted by molar-refractivity contribution is 5.93. The molecule has 0 atom stereocenters. The summed E-state index contributed by atoms with van der Waals surface area (Å²) >= 11 is 0. The van der Waals surface area contributed by atoms with E-state index in [1.165, 1.54) is 30.5 Å². The van der Waals surface area contributed by atoms with Gasteiger partial charge in [-0.2, -0.15) is 0 Å². The number of phenolic OH excluding ortho intramolecular Hbond substituents is 4. The molecule has 0 saturated carbocycles. The molecule has 6 aromatic heterocycles. The Balaban J connectivity index is 0.000000170. The van der Waals surface area contributed by atoms with E-state index in [-0.39, 0.29) is 11.9 Å². The minimum atomic E-state index is -0.306. The summed E-state index contributed by atoms with van der Waals surface area (Å²) in [6, 6.07) is 32.9. The van der Waals surface area contributed by atoms with Crippen LogP contribution in [0.5, 0.6) is 34.5 Å². The van der Waals surface area contributed by atoms with E-state index in [2.05, 4.69) is 110 Å². The topological polar surface area (TPSA) is 279 Å². The van der Waals surface area contributed by atoms with Gasteiger partial charge in [-0.3, -0.25) is 14.5 Å². The Hall–Kier alpha value is -10.3. The van der Waals surface area contributed by atoms with Crippen LogP contribution in [0.1, 0.15) is 54.2 Å². The Morgan fingerprint density at radius 2 is 0.810 bits per heavy atom. The zero-order valence-electron chi connectivity index (χ0n) is 59.3. The van der Waals surface area contributed by atoms with Crippen molar-refractivity contribution in [2.45, 2.75) is 59.3 Å². The van der Waals surface area contributed by atoms with Crippen molar-refractivity contribution in [1.82, 2.24) is 54.8 Å². The van der Waals surface area contributed by atoms with Crippen LogP contribution in [-0.2, 0) is 48.1 Å². The van der Waals surface area contributed by atoms with Crippen LogP contribution in [0.3, 0.4) is 0 Å². The summed E-state index contributed by atoms with van der Waals surface area (Å²) in [5.74, 6) is 1.91. The second kappa shape index (κ2) is 39.3. The maximum atomic E-state index is 11.3. The molecule has 0 bridgehead atoms. The molecule has 0 saturated heterocycles. The van der Waals surface area contributed by atoms with Crippen molar-refractivity contribution < 1.29 is 39.5 Å². The molecule has 0 spiro atoms. The molecular formula is C80H102N12O8. The number of ether oxygens (including phenoxy) is 2. The third-order valence-corrected chi connectivity index (χ3v) is 16.9. The molecule has 0 radical (unpaired) electrons. The molecule has 20 heteroatoms. The SMILES string of the molecule is C=CCN(C)CCc1c[nH]c2cccc(OC(C)=O)c12.C=CCN(CC=C)CCc1c[nH]c2cccc(OC(C)=O)c12.CCN(C)CCc1c[nH]c2ccc(O)cc12.CN(C)CCc1c[nH]c2ccc(O)cc12.CNCCc1c[nH]c2ccc(O)cc12.NCCc1c[nH]c2ccc(O)cc12. The Morgan fingerprint density at radius 1 is 0.460 bits per heavy atom. The van der Waals surface area contributed by atoms with E-state index in [0.29, 0.717) is 41.0 Å². The van der Waals surface area contributed by atoms with Gasteiger partial charge in [-0.15, -0.1) is 19.7 Å². The molecule has 0 aliphatic rings. The molecule has 12 rings (SSSR count). The van der Waals surface area contributed by atoms with Gasteiger partial charge in [0.2, 0.25) is 0 Å². The third-order valence-electron chi connectivity index (χ3n) is 16.9. The number of rotatable bonds is 26. The molecule has 100 heavy (non-hydrogen) atoms. The van der Waals surface area contributed by atoms with Crippen LogP contribution in [0.15, 0.2) is 184 Å². The zero-order valence-corrected chi connectivity index (χ0v) is 59.3. The first-order chi connectivity index (χ1) is 48.2. The number of benzene rings is 6. The number of carbonyl (C=O) groups is 2. The lowest BCUT2D eigenvalue weighted by molar-refractivity contribution is -0.132. The zero-order chi connectivity index (χ0) is 72.1. The molecule has 6 aromatic carbocycles. The molecule has 20 nitrogen and oxygen atoms in total. The first-order valence-corrected chi connectivity index (χ1v) is 33.9. The van der Waals surface area contributed by atoms with Crippen LogP contribution in [0.2, 0.25) is 0 Å². The quantitative estimate of drug-likeness (QED) is 0.0137. The number of phenols is 4. The molecule has 12 aromatic rings. The number of fused-ring (bicyclic) bond motifs is 6. The van der Waals surface area contributed by atoms with Gasteiger partial charge in [-0.1, -0.05) is 37.3 Å². The van der Waals surface area contributed by atoms with Gasteiger partial charge in [-0.05, 0) is 224 Å². The third kappa shape index (κ3) is 22.9. The summed E-state index contributed by atoms with van der Waals surface area (Å²) < 4.78 is 10.6. The number of aromatic amines is 6. The second-order valence-electron chi connectivity index (χ2n) is 24.8. The Morgan fingerprint density at radius 3 is 1.18 bits per heavy atom. The van der Waals surface area contributed by atoms with Crippen LogP contribution in [0, 0.1) is 0 Å². The average molecular weight is 1360 g/mol. The number of carbonyl (C=O) groups excluding carboxylic acids is 2. The van der Waals surface area contributed by atoms with Gasteiger partial charge in [-0.25, -0.2) is 0 Å². The van der Waals surface area contributed by atoms with Crippen molar-refractivity contribution in [2.24, 2.45) is 5.73 Å². The number of nitrogens with two attached hydrogens (primary N) is 1. The lowest BCUT2D eigenvalue weighted by Gasteiger charge is -2.18. The smallest absolute Gasteiger partial charge is 0.308 e. The standard InChI is InChI=1S/C18H22N2O2.C16H20N2O2.C13H18N2O.C12H16N2O.C11H14N2O.C10H12N2O/c1-4-10-20(11-5-2)12-9-15-13-19-16-7-6-8-17(18(15)16)22-14(3)21;1-4-9-18(3)10-8-13-11-17-14-6-5-7-15(16(13)14)20-12(2)19;1-3-15(2)7-6-10-9-14-13-5-4-11(16)8-12(10)13;1-14(2)6-5-9-8-13-12-4-3-10(15)7-11(9)12;1-12-5-4-8-7-13-11-3-2-9(14)6-10(8)11;11-4-3-7-6-12-10-2-1-8(13)5-9(7)10/h4-8,13,19H,1-2,9-12H2,3H3;4-7,11,17H,1,8-10H2,2-3H3;4-5,8-9,14,16H,3,6-7H2,1-2H3;3-4,7-8,13,15H,5-6H2,1-2H3;2-3,6-7,12-14H,4-5H2,1H3;1-2,5-6,12-13H,3-4,11H2. The van der Waals surface area contributed by atoms with Gasteiger partial charge < -0.3 is 85.6 Å². The maximum absolute atomic E-state index is 11.3. The van der Waals surface area contributed by atoms with Crippen molar-refractivity contribution in [3.63, 3.8) is 0 Å². The predicted molar refractivity (Wildman–Crippen MR) is 411 cm³/mol. The fraction of sp³-hybridized carbons (Fsp3) is 0.300. The number of likely N-dealkylation sites (N-methyl/N-ethyl adjacent to an activating group) is 4. The van der Waals surface area contributed by atoms with E-state index in [9.17, 15) is 30.0 Å². The molecule has 0 amide bonds. The Kier molecular flexibility index (Phi) is 30.3. The fourth-order valence-corrected chi connectivity index (χ4v) is 11.6. The number of esters is 2. The Labute approximate surface area is 586 Å². The number of hydrogen-bond donors (Lipinski definition) is 12. The summed E-state index contributed by atoms with van der Waals surface area (Å²) in [4.78, 5) is 50.6. The normalized spacial score (nSPS) is 11.1. The van der Waals surface area contributed by atoms with Crippen LogP contribution in [0.25, 0.3) is 65.4 Å². The number of H-pyrrole nitrogens is 6. The van der Waals surface area contributed by atoms with Gasteiger partial charge in [0.05, 0.1) is 0 Å². The second-order valence-corrected chi connectivity index (χ2v) is 24.8. The van der Waals surface area contributed by atoms with Gasteiger partial charge >= 0.3 is 11.9 Å². The van der Waals surface area contributed by atoms with E-state index in [4.69, 9.17) is 15.2 Å². The number of nitrogens with one attached hydrogen (secondary N) is 7. The highest BCUT2D eigenvalue weighted by Gasteiger charge is 2.15. The van der Waals surface area contributed by atoms with Crippen LogP contribution >= 0.6 is 0 Å². The predicted octanol–water partition coefficient (Wildman–Crippen LogP) is 13.4. The van der Waals surface area contributed by atoms with Crippen molar-refractivity contribution in [3.05, 3.63) is 218 Å². The van der Waals surface area contributed by atoms with E-state index >= 15 is 0 Å². The van der Waals surface area contributed by atoms with Crippen LogP contribution in [-0.4, -0.2) is 183 Å². The molecule has 13 N–H and O–H groups in total. The van der Waals surface area contributed by atoms with Crippen molar-refractivity contribution in [2.75, 3.05) is 101 Å². The molecule has 0 fully saturated rings. The van der Waals surface area contributed by atoms with Crippen molar-refractivity contribution in [1.29, 1.82) is 0 Å². The first kappa shape index (κ1) is 77.0. The molecule has 530 valence electrons. The molecule has 0 unspecified atom stereocenters. The highest BCUT2D eigenvalue weighted by Crippen LogP contribution is 2.32. The fourth-order valence-electron chi connectivity index (χ4n) is 11.6. The summed E-state index contributed by atoms with van der Waals surface area (Å²) in [5.41, 5.74) is 19.0. The van der Waals surface area contributed by atoms with Gasteiger partial charge in [0.15, 0.2) is 0 Å². The molecule has 0 aliphatic carbocycles. The number of aromatic nitrogens is 6. The number of hydrogen-bond acceptors (Lipinski definition) is 14. The minimum absolute atomic E-state index is 0.297. The summed E-state index contributed by atoms with van der Waals surface area (Å²) in [6.45, 7) is 25.3. The number of nitrogens with zero attached hydrogens (tertiary/aromatic N) is 4. The largest absolute Gasteiger partial charge is 0.508 e. The lowest BCUT2D eigenvalue weighted by atomic mass is 10.1. The molecule has 0 aliphatic heterocycles. The van der Waals surface area contributed by atoms with E-state index in [1.807, 2.05) is 135 Å². The lowest BCUT2D eigenvalue weighted by Crippen LogP contribution is -2.26. The minimum Gasteiger partial charge on any atom is -0.508 e. The van der Waals surface area contributed by atoms with Crippen LogP contribution in [0.4, 0.5) is 0 Å². The summed E-state index contributed by atoms with van der Waals surface area (Å²) in [6.07, 6.45) is 23.2. The monoisotopic (exact) mass is 1360 g/mol. The summed E-state index contributed by atoms with van der Waals surface area (Å²) in [5, 5.41) is 47.1. The molecule has 6 heterocycles. The first-order valence-electron chi connectivity index (χ1n) is 33.9. The number of aromatic hydroxyl groups is 4. The van der Waals surface area contributed by atoms with Crippen molar-refractivity contribution in [3.8, 4) is 34.5 Å².